The average molecular weight is 178 g/mol. The lowest BCUT2D eigenvalue weighted by Gasteiger charge is -2.30. The van der Waals surface area contributed by atoms with Gasteiger partial charge >= 0.3 is 0 Å². The van der Waals surface area contributed by atoms with Gasteiger partial charge in [-0.15, -0.1) is 0 Å². The van der Waals surface area contributed by atoms with Gasteiger partial charge in [-0.2, -0.15) is 4.65 Å². The molecule has 0 aromatic heterocycles. The van der Waals surface area contributed by atoms with E-state index < -0.39 is 12.2 Å². The van der Waals surface area contributed by atoms with Gasteiger partial charge in [0.1, 0.15) is 31.8 Å². The van der Waals surface area contributed by atoms with Crippen molar-refractivity contribution in [1.82, 2.24) is 0 Å². The molecule has 12 heavy (non-hydrogen) atoms. The van der Waals surface area contributed by atoms with Crippen LogP contribution < -0.4 is 0 Å². The minimum absolute atomic E-state index is 0.265. The molecule has 0 amide bonds. The van der Waals surface area contributed by atoms with Crippen molar-refractivity contribution in [2.75, 3.05) is 19.6 Å². The third kappa shape index (κ3) is 4.66. The highest BCUT2D eigenvalue weighted by molar-refractivity contribution is 4.47. The molecule has 0 radical (unpaired) electrons. The summed E-state index contributed by atoms with van der Waals surface area (Å²) in [6, 6.07) is 0. The van der Waals surface area contributed by atoms with Crippen LogP contribution in [0.1, 0.15) is 20.8 Å². The molecule has 0 heterocycles. The minimum Gasteiger partial charge on any atom is -0.387 e. The van der Waals surface area contributed by atoms with Gasteiger partial charge in [0, 0.05) is 0 Å². The lowest BCUT2D eigenvalue weighted by atomic mass is 10.3. The number of hydrogen-bond donors (Lipinski definition) is 3. The van der Waals surface area contributed by atoms with Crippen LogP contribution in [0.15, 0.2) is 0 Å². The molecule has 4 heteroatoms. The van der Waals surface area contributed by atoms with Crippen LogP contribution in [0, 0.1) is 0 Å². The highest BCUT2D eigenvalue weighted by Gasteiger charge is 2.27. The molecule has 0 aliphatic heterocycles. The van der Waals surface area contributed by atoms with Crippen LogP contribution in [-0.4, -0.2) is 51.9 Å². The van der Waals surface area contributed by atoms with Crippen LogP contribution in [-0.2, 0) is 0 Å². The number of quaternary nitrogens is 1. The second-order valence-corrected chi connectivity index (χ2v) is 3.47. The first-order chi connectivity index (χ1) is 5.39. The summed E-state index contributed by atoms with van der Waals surface area (Å²) in [6.07, 6.45) is -1.10. The Bertz CT molecular complexity index is 115. The molecule has 0 saturated carbocycles. The Labute approximate surface area is 73.6 Å². The van der Waals surface area contributed by atoms with Gasteiger partial charge in [0.15, 0.2) is 0 Å². The first-order valence-corrected chi connectivity index (χ1v) is 4.34. The number of hydroxylamine groups is 3. The Morgan fingerprint density at radius 3 is 1.58 bits per heavy atom. The van der Waals surface area contributed by atoms with Crippen LogP contribution in [0.5, 0.6) is 0 Å². The van der Waals surface area contributed by atoms with Crippen molar-refractivity contribution in [3.63, 3.8) is 0 Å². The Balaban J connectivity index is 4.04. The molecule has 0 rings (SSSR count). The van der Waals surface area contributed by atoms with Crippen molar-refractivity contribution >= 4 is 0 Å². The van der Waals surface area contributed by atoms with Gasteiger partial charge in [-0.05, 0) is 20.8 Å². The first kappa shape index (κ1) is 11.8. The van der Waals surface area contributed by atoms with Crippen LogP contribution in [0.4, 0.5) is 0 Å². The summed E-state index contributed by atoms with van der Waals surface area (Å²) in [7, 11) is 0. The predicted molar refractivity (Wildman–Crippen MR) is 45.7 cm³/mol. The van der Waals surface area contributed by atoms with E-state index in [-0.39, 0.29) is 17.7 Å². The zero-order chi connectivity index (χ0) is 9.78. The lowest BCUT2D eigenvalue weighted by Crippen LogP contribution is -2.52. The molecule has 3 N–H and O–H groups in total. The molecule has 2 atom stereocenters. The first-order valence-electron chi connectivity index (χ1n) is 4.34. The van der Waals surface area contributed by atoms with Crippen molar-refractivity contribution in [3.8, 4) is 0 Å². The topological polar surface area (TPSA) is 60.7 Å². The number of rotatable bonds is 5. The molecule has 2 unspecified atom stereocenters. The molecule has 0 spiro atoms. The van der Waals surface area contributed by atoms with Gasteiger partial charge < -0.3 is 10.2 Å². The summed E-state index contributed by atoms with van der Waals surface area (Å²) in [6.45, 7) is 6.10. The Morgan fingerprint density at radius 1 is 1.08 bits per heavy atom. The zero-order valence-electron chi connectivity index (χ0n) is 8.06. The molecule has 0 aliphatic rings. The molecule has 0 aromatic rings. The van der Waals surface area contributed by atoms with Gasteiger partial charge in [0.2, 0.25) is 0 Å². The Hall–Kier alpha value is -0.160. The maximum absolute atomic E-state index is 9.78. The summed E-state index contributed by atoms with van der Waals surface area (Å²) in [4.78, 5) is 0. The van der Waals surface area contributed by atoms with E-state index in [4.69, 9.17) is 10.2 Å². The molecule has 0 saturated heterocycles. The van der Waals surface area contributed by atoms with Crippen molar-refractivity contribution in [1.29, 1.82) is 0 Å². The van der Waals surface area contributed by atoms with Gasteiger partial charge in [-0.1, -0.05) is 0 Å². The summed E-state index contributed by atoms with van der Waals surface area (Å²) in [5, 5.41) is 27.9. The molecular formula is C8H20NO3+. The van der Waals surface area contributed by atoms with Crippen LogP contribution in [0.25, 0.3) is 0 Å². The summed E-state index contributed by atoms with van der Waals surface area (Å²) in [5.74, 6) is 0. The van der Waals surface area contributed by atoms with Crippen molar-refractivity contribution in [2.45, 2.75) is 33.0 Å². The van der Waals surface area contributed by atoms with Crippen molar-refractivity contribution in [2.24, 2.45) is 0 Å². The van der Waals surface area contributed by atoms with Gasteiger partial charge in [0.25, 0.3) is 0 Å². The largest absolute Gasteiger partial charge is 0.387 e. The fraction of sp³-hybridized carbons (Fsp3) is 1.00. The molecule has 0 aromatic carbocycles. The molecule has 0 fully saturated rings. The number of nitrogens with zero attached hydrogens (tertiary/aromatic N) is 1. The predicted octanol–water partition coefficient (Wildman–Crippen LogP) is -0.0261. The van der Waals surface area contributed by atoms with Gasteiger partial charge in [-0.3, -0.25) is 0 Å². The van der Waals surface area contributed by atoms with Crippen molar-refractivity contribution in [3.05, 3.63) is 0 Å². The highest BCUT2D eigenvalue weighted by atomic mass is 16.5. The van der Waals surface area contributed by atoms with E-state index in [9.17, 15) is 5.21 Å². The van der Waals surface area contributed by atoms with E-state index in [0.717, 1.165) is 0 Å². The van der Waals surface area contributed by atoms with E-state index in [0.29, 0.717) is 6.54 Å². The van der Waals surface area contributed by atoms with Crippen LogP contribution in [0.2, 0.25) is 0 Å². The molecule has 0 aliphatic carbocycles. The normalized spacial score (nSPS) is 21.5. The van der Waals surface area contributed by atoms with E-state index in [1.165, 1.54) is 0 Å². The second-order valence-electron chi connectivity index (χ2n) is 3.47. The monoisotopic (exact) mass is 178 g/mol. The highest BCUT2D eigenvalue weighted by Crippen LogP contribution is 2.05. The fourth-order valence-corrected chi connectivity index (χ4v) is 1.32. The van der Waals surface area contributed by atoms with Crippen LogP contribution >= 0.6 is 0 Å². The standard InChI is InChI=1S/C8H20NO3/c1-4-9(12,5-7(2)10)6-8(3)11/h7-8,10-12H,4-6H2,1-3H3/q+1. The maximum Gasteiger partial charge on any atom is 0.134 e. The Kier molecular flexibility index (Phi) is 4.70. The van der Waals surface area contributed by atoms with Crippen LogP contribution in [0.3, 0.4) is 0 Å². The summed E-state index contributed by atoms with van der Waals surface area (Å²) < 4.78 is -0.269. The average Bonchev–Trinajstić information content (AvgIpc) is 1.83. The van der Waals surface area contributed by atoms with E-state index in [1.807, 2.05) is 6.92 Å². The van der Waals surface area contributed by atoms with E-state index >= 15 is 0 Å². The third-order valence-corrected chi connectivity index (χ3v) is 1.80. The molecule has 4 nitrogen and oxygen atoms in total. The molecule has 74 valence electrons. The van der Waals surface area contributed by atoms with E-state index in [2.05, 4.69) is 0 Å². The number of aliphatic hydroxyl groups is 2. The Morgan fingerprint density at radius 2 is 1.42 bits per heavy atom. The third-order valence-electron chi connectivity index (χ3n) is 1.80. The molecule has 0 bridgehead atoms. The number of aliphatic hydroxyl groups excluding tert-OH is 2. The smallest absolute Gasteiger partial charge is 0.134 e. The van der Waals surface area contributed by atoms with Gasteiger partial charge in [0.05, 0.1) is 0 Å². The SMILES string of the molecule is CC[N+](O)(CC(C)O)CC(C)O. The van der Waals surface area contributed by atoms with Crippen molar-refractivity contribution < 1.29 is 20.1 Å². The number of likely N-dealkylation sites (N-methyl/N-ethyl adjacent to an activating group) is 1. The van der Waals surface area contributed by atoms with Gasteiger partial charge in [-0.25, -0.2) is 5.21 Å². The summed E-state index contributed by atoms with van der Waals surface area (Å²) in [5.41, 5.74) is 0. The quantitative estimate of drug-likeness (QED) is 0.409. The molecular weight excluding hydrogens is 158 g/mol. The fourth-order valence-electron chi connectivity index (χ4n) is 1.32. The van der Waals surface area contributed by atoms with E-state index in [1.54, 1.807) is 13.8 Å². The number of hydrogen-bond acceptors (Lipinski definition) is 3. The second kappa shape index (κ2) is 4.77. The maximum atomic E-state index is 9.78. The summed E-state index contributed by atoms with van der Waals surface area (Å²) >= 11 is 0. The lowest BCUT2D eigenvalue weighted by molar-refractivity contribution is -1.10. The minimum atomic E-state index is -0.548. The zero-order valence-corrected chi connectivity index (χ0v) is 8.06.